The van der Waals surface area contributed by atoms with Crippen LogP contribution in [0.1, 0.15) is 108 Å². The number of hydrogen-bond donors (Lipinski definition) is 0. The van der Waals surface area contributed by atoms with Crippen molar-refractivity contribution in [3.8, 4) is 5.75 Å². The van der Waals surface area contributed by atoms with Gasteiger partial charge in [0, 0.05) is 23.3 Å². The molecule has 0 atom stereocenters. The van der Waals surface area contributed by atoms with Crippen molar-refractivity contribution < 1.29 is 9.47 Å². The molecule has 0 N–H and O–H groups in total. The third-order valence-electron chi connectivity index (χ3n) is 6.00. The lowest BCUT2D eigenvalue weighted by Crippen LogP contribution is -1.99. The highest BCUT2D eigenvalue weighted by Gasteiger charge is 2.08. The van der Waals surface area contributed by atoms with E-state index in [1.54, 1.807) is 5.54 Å². The average Bonchev–Trinajstić information content (AvgIpc) is 3.00. The minimum absolute atomic E-state index is 0.516. The molecule has 1 heterocycles. The quantitative estimate of drug-likeness (QED) is 0.222. The maximum Gasteiger partial charge on any atom is 0.127 e. The van der Waals surface area contributed by atoms with E-state index in [4.69, 9.17) is 21.1 Å². The fourth-order valence-electron chi connectivity index (χ4n) is 4.01. The number of ether oxygens (including phenoxy) is 2. The average molecular weight is 447 g/mol. The molecule has 0 amide bonds. The van der Waals surface area contributed by atoms with Gasteiger partial charge in [-0.2, -0.15) is 0 Å². The van der Waals surface area contributed by atoms with Gasteiger partial charge in [-0.15, -0.1) is 0 Å². The van der Waals surface area contributed by atoms with Crippen LogP contribution in [-0.4, -0.2) is 13.2 Å². The van der Waals surface area contributed by atoms with E-state index < -0.39 is 0 Å². The molecule has 174 valence electrons. The topological polar surface area (TPSA) is 18.5 Å². The monoisotopic (exact) mass is 446 g/mol. The van der Waals surface area contributed by atoms with Gasteiger partial charge >= 0.3 is 0 Å². The minimum Gasteiger partial charge on any atom is -0.488 e. The van der Waals surface area contributed by atoms with Gasteiger partial charge in [-0.3, -0.25) is 0 Å². The van der Waals surface area contributed by atoms with Gasteiger partial charge in [-0.05, 0) is 24.1 Å². The maximum absolute atomic E-state index is 5.89. The number of halogens is 1. The van der Waals surface area contributed by atoms with Gasteiger partial charge in [0.05, 0.1) is 6.61 Å². The first-order valence-electron chi connectivity index (χ1n) is 12.6. The van der Waals surface area contributed by atoms with Crippen molar-refractivity contribution in [1.29, 1.82) is 0 Å². The van der Waals surface area contributed by atoms with E-state index in [-0.39, 0.29) is 0 Å². The summed E-state index contributed by atoms with van der Waals surface area (Å²) in [5.74, 6) is 0.903. The zero-order valence-electron chi connectivity index (χ0n) is 19.7. The first-order valence-corrected chi connectivity index (χ1v) is 13.1. The van der Waals surface area contributed by atoms with Crippen LogP contribution in [0.15, 0.2) is 35.4 Å². The number of rotatable bonds is 17. The smallest absolute Gasteiger partial charge is 0.127 e. The van der Waals surface area contributed by atoms with Crippen molar-refractivity contribution in [2.24, 2.45) is 0 Å². The Kier molecular flexibility index (Phi) is 14.5. The van der Waals surface area contributed by atoms with Crippen molar-refractivity contribution in [2.45, 2.75) is 103 Å². The zero-order valence-corrected chi connectivity index (χ0v) is 20.4. The van der Waals surface area contributed by atoms with Crippen LogP contribution < -0.4 is 4.74 Å². The molecular formula is C28H43ClO2. The molecule has 1 aromatic rings. The van der Waals surface area contributed by atoms with Crippen molar-refractivity contribution in [3.05, 3.63) is 46.5 Å². The highest BCUT2D eigenvalue weighted by molar-refractivity contribution is 6.25. The van der Waals surface area contributed by atoms with Crippen molar-refractivity contribution >= 4 is 17.7 Å². The SMILES string of the molecule is CCCCCCCCCCCCCCCCOCc1ccc2c(c1)C=C/C(=C/Cl)CO2. The molecule has 3 heteroatoms. The summed E-state index contributed by atoms with van der Waals surface area (Å²) in [6.07, 6.45) is 23.5. The van der Waals surface area contributed by atoms with Crippen molar-refractivity contribution in [2.75, 3.05) is 13.2 Å². The van der Waals surface area contributed by atoms with Crippen molar-refractivity contribution in [3.63, 3.8) is 0 Å². The molecule has 0 aromatic heterocycles. The number of benzene rings is 1. The maximum atomic E-state index is 5.89. The lowest BCUT2D eigenvalue weighted by molar-refractivity contribution is 0.116. The molecule has 0 saturated heterocycles. The summed E-state index contributed by atoms with van der Waals surface area (Å²) < 4.78 is 11.7. The Bertz CT molecular complexity index is 650. The highest BCUT2D eigenvalue weighted by atomic mass is 35.5. The Morgan fingerprint density at radius 1 is 0.839 bits per heavy atom. The predicted octanol–water partition coefficient (Wildman–Crippen LogP) is 9.21. The summed E-state index contributed by atoms with van der Waals surface area (Å²) >= 11 is 5.80. The van der Waals surface area contributed by atoms with Crippen LogP contribution in [0.4, 0.5) is 0 Å². The lowest BCUT2D eigenvalue weighted by Gasteiger charge is -2.09. The first kappa shape index (κ1) is 26.0. The minimum atomic E-state index is 0.516. The molecule has 0 aliphatic carbocycles. The molecule has 0 radical (unpaired) electrons. The van der Waals surface area contributed by atoms with Gasteiger partial charge in [-0.1, -0.05) is 120 Å². The summed E-state index contributed by atoms with van der Waals surface area (Å²) in [5, 5.41) is 0. The first-order chi connectivity index (χ1) is 15.3. The fraction of sp³-hybridized carbons (Fsp3) is 0.643. The van der Waals surface area contributed by atoms with E-state index in [2.05, 4.69) is 25.1 Å². The molecule has 2 nitrogen and oxygen atoms in total. The molecule has 1 aliphatic rings. The Balaban J connectivity index is 1.42. The third-order valence-corrected chi connectivity index (χ3v) is 6.28. The normalized spacial score (nSPS) is 14.5. The van der Waals surface area contributed by atoms with Gasteiger partial charge < -0.3 is 9.47 Å². The summed E-state index contributed by atoms with van der Waals surface area (Å²) in [7, 11) is 0. The zero-order chi connectivity index (χ0) is 22.0. The summed E-state index contributed by atoms with van der Waals surface area (Å²) in [4.78, 5) is 0. The Labute approximate surface area is 196 Å². The molecule has 0 spiro atoms. The molecule has 0 saturated carbocycles. The van der Waals surface area contributed by atoms with Crippen LogP contribution in [0, 0.1) is 0 Å². The van der Waals surface area contributed by atoms with Crippen LogP contribution in [0.2, 0.25) is 0 Å². The Morgan fingerprint density at radius 2 is 1.45 bits per heavy atom. The van der Waals surface area contributed by atoms with E-state index in [0.717, 1.165) is 29.9 Å². The number of fused-ring (bicyclic) bond motifs is 1. The number of hydrogen-bond acceptors (Lipinski definition) is 2. The summed E-state index contributed by atoms with van der Waals surface area (Å²) in [6.45, 7) is 4.31. The second kappa shape index (κ2) is 17.3. The molecule has 31 heavy (non-hydrogen) atoms. The van der Waals surface area contributed by atoms with E-state index in [1.165, 1.54) is 89.0 Å². The molecule has 0 unspecified atom stereocenters. The Morgan fingerprint density at radius 3 is 2.06 bits per heavy atom. The second-order valence-electron chi connectivity index (χ2n) is 8.83. The highest BCUT2D eigenvalue weighted by Crippen LogP contribution is 2.26. The van der Waals surface area contributed by atoms with Gasteiger partial charge in [0.15, 0.2) is 0 Å². The standard InChI is InChI=1S/C28H43ClO2/c1-2-3-4-5-6-7-8-9-10-11-12-13-14-15-20-30-23-25-17-19-28-27(21-25)18-16-26(22-29)24-31-28/h16-19,21-22H,2-15,20,23-24H2,1H3/b26-22-. The van der Waals surface area contributed by atoms with Crippen LogP contribution in [0.5, 0.6) is 5.75 Å². The largest absolute Gasteiger partial charge is 0.488 e. The molecule has 2 rings (SSSR count). The predicted molar refractivity (Wildman–Crippen MR) is 135 cm³/mol. The second-order valence-corrected chi connectivity index (χ2v) is 9.05. The van der Waals surface area contributed by atoms with Gasteiger partial charge in [0.25, 0.3) is 0 Å². The van der Waals surface area contributed by atoms with E-state index >= 15 is 0 Å². The van der Waals surface area contributed by atoms with E-state index in [1.807, 2.05) is 12.1 Å². The van der Waals surface area contributed by atoms with Crippen LogP contribution in [0.3, 0.4) is 0 Å². The summed E-state index contributed by atoms with van der Waals surface area (Å²) in [6, 6.07) is 6.27. The molecule has 0 bridgehead atoms. The molecule has 1 aromatic carbocycles. The van der Waals surface area contributed by atoms with Gasteiger partial charge in [0.1, 0.15) is 12.4 Å². The Hall–Kier alpha value is -1.25. The van der Waals surface area contributed by atoms with Gasteiger partial charge in [0.2, 0.25) is 0 Å². The number of unbranched alkanes of at least 4 members (excludes halogenated alkanes) is 13. The van der Waals surface area contributed by atoms with Crippen LogP contribution in [-0.2, 0) is 11.3 Å². The molecule has 0 fully saturated rings. The molecular weight excluding hydrogens is 404 g/mol. The van der Waals surface area contributed by atoms with Gasteiger partial charge in [-0.25, -0.2) is 0 Å². The lowest BCUT2D eigenvalue weighted by atomic mass is 10.0. The van der Waals surface area contributed by atoms with E-state index in [0.29, 0.717) is 13.2 Å². The van der Waals surface area contributed by atoms with Crippen LogP contribution >= 0.6 is 11.6 Å². The van der Waals surface area contributed by atoms with Crippen molar-refractivity contribution in [1.82, 2.24) is 0 Å². The molecule has 1 aliphatic heterocycles. The van der Waals surface area contributed by atoms with Crippen LogP contribution in [0.25, 0.3) is 6.08 Å². The van der Waals surface area contributed by atoms with E-state index in [9.17, 15) is 0 Å². The fourth-order valence-corrected chi connectivity index (χ4v) is 4.15. The third kappa shape index (κ3) is 11.8. The summed E-state index contributed by atoms with van der Waals surface area (Å²) in [5.41, 5.74) is 4.83.